The Morgan fingerprint density at radius 3 is 1.88 bits per heavy atom. The Kier molecular flexibility index (Phi) is 5.66. The molecule has 0 spiro atoms. The quantitative estimate of drug-likeness (QED) is 0.256. The zero-order valence-corrected chi connectivity index (χ0v) is 21.4. The van der Waals surface area contributed by atoms with E-state index in [1.54, 1.807) is 0 Å². The molecule has 0 fully saturated rings. The van der Waals surface area contributed by atoms with Crippen LogP contribution in [0.2, 0.25) is 0 Å². The fraction of sp³-hybridized carbons (Fsp3) is 0.200. The summed E-state index contributed by atoms with van der Waals surface area (Å²) in [5.74, 6) is 0. The van der Waals surface area contributed by atoms with Crippen LogP contribution in [0, 0.1) is 6.92 Å². The van der Waals surface area contributed by atoms with Gasteiger partial charge in [0.2, 0.25) is 0 Å². The van der Waals surface area contributed by atoms with Gasteiger partial charge < -0.3 is 5.11 Å². The first-order valence-corrected chi connectivity index (χ1v) is 13.6. The molecule has 1 N–H and O–H groups in total. The molecule has 0 saturated heterocycles. The summed E-state index contributed by atoms with van der Waals surface area (Å²) in [5.41, 5.74) is 12.4. The SMILES string of the molecule is Cc1ccc2c(c1[Si]c1c(CCCO)ccc3c1C(Cl)c1ccccc1-3)C(Cl)c1ccccc1-2. The van der Waals surface area contributed by atoms with E-state index in [4.69, 9.17) is 23.2 Å². The van der Waals surface area contributed by atoms with Crippen molar-refractivity contribution in [1.82, 2.24) is 0 Å². The smallest absolute Gasteiger partial charge is 0.123 e. The van der Waals surface area contributed by atoms with E-state index in [9.17, 15) is 5.11 Å². The lowest BCUT2D eigenvalue weighted by atomic mass is 10.0. The lowest BCUT2D eigenvalue weighted by Gasteiger charge is -2.20. The summed E-state index contributed by atoms with van der Waals surface area (Å²) in [4.78, 5) is 0. The van der Waals surface area contributed by atoms with Gasteiger partial charge in [-0.2, -0.15) is 0 Å². The lowest BCUT2D eigenvalue weighted by molar-refractivity contribution is 0.288. The predicted molar refractivity (Wildman–Crippen MR) is 144 cm³/mol. The van der Waals surface area contributed by atoms with Gasteiger partial charge in [-0.3, -0.25) is 0 Å². The predicted octanol–water partition coefficient (Wildman–Crippen LogP) is 6.19. The Morgan fingerprint density at radius 2 is 1.26 bits per heavy atom. The number of halogens is 2. The van der Waals surface area contributed by atoms with Gasteiger partial charge in [-0.05, 0) is 80.2 Å². The van der Waals surface area contributed by atoms with E-state index >= 15 is 0 Å². The maximum Gasteiger partial charge on any atom is 0.123 e. The Bertz CT molecular complexity index is 1430. The van der Waals surface area contributed by atoms with Crippen LogP contribution in [0.4, 0.5) is 0 Å². The molecule has 0 saturated carbocycles. The zero-order valence-electron chi connectivity index (χ0n) is 18.9. The third-order valence-electron chi connectivity index (χ3n) is 7.19. The molecule has 2 aliphatic carbocycles. The summed E-state index contributed by atoms with van der Waals surface area (Å²) in [6.07, 6.45) is 1.58. The number of benzene rings is 4. The fourth-order valence-electron chi connectivity index (χ4n) is 5.54. The Labute approximate surface area is 213 Å². The van der Waals surface area contributed by atoms with Crippen LogP contribution in [0.5, 0.6) is 0 Å². The first-order chi connectivity index (χ1) is 16.6. The first kappa shape index (κ1) is 22.1. The number of fused-ring (bicyclic) bond motifs is 6. The molecule has 6 rings (SSSR count). The summed E-state index contributed by atoms with van der Waals surface area (Å²) < 4.78 is 0. The topological polar surface area (TPSA) is 20.2 Å². The number of alkyl halides is 2. The third kappa shape index (κ3) is 3.31. The van der Waals surface area contributed by atoms with Crippen LogP contribution in [0.15, 0.2) is 72.8 Å². The molecule has 0 aliphatic heterocycles. The number of aryl methyl sites for hydroxylation is 2. The molecule has 2 unspecified atom stereocenters. The highest BCUT2D eigenvalue weighted by Crippen LogP contribution is 2.48. The molecule has 0 aromatic heterocycles. The number of hydrogen-bond acceptors (Lipinski definition) is 1. The van der Waals surface area contributed by atoms with Crippen LogP contribution in [0.25, 0.3) is 22.3 Å². The summed E-state index contributed by atoms with van der Waals surface area (Å²) >= 11 is 14.2. The van der Waals surface area contributed by atoms with Crippen molar-refractivity contribution in [3.63, 3.8) is 0 Å². The molecule has 0 bridgehead atoms. The Morgan fingerprint density at radius 1 is 0.706 bits per heavy atom. The molecule has 4 heteroatoms. The van der Waals surface area contributed by atoms with E-state index in [0.29, 0.717) is 9.52 Å². The highest BCUT2D eigenvalue weighted by Gasteiger charge is 2.34. The van der Waals surface area contributed by atoms with Crippen LogP contribution in [0.3, 0.4) is 0 Å². The van der Waals surface area contributed by atoms with Gasteiger partial charge in [-0.1, -0.05) is 78.4 Å². The van der Waals surface area contributed by atoms with Gasteiger partial charge in [-0.15, -0.1) is 23.2 Å². The molecule has 2 aliphatic rings. The van der Waals surface area contributed by atoms with E-state index in [1.165, 1.54) is 66.0 Å². The molecule has 4 aromatic carbocycles. The Hall–Kier alpha value is -2.36. The van der Waals surface area contributed by atoms with Crippen molar-refractivity contribution in [2.45, 2.75) is 30.5 Å². The molecule has 168 valence electrons. The standard InChI is InChI=1S/C30H24Cl2OSi/c1-17-12-14-21-19-8-2-4-10-23(19)27(31)25(21)29(17)34-30-18(7-6-16-33)13-15-22-20-9-3-5-11-24(20)28(32)26(22)30/h2-5,8-15,27-28,33H,6-7,16H2,1H3. The minimum atomic E-state index is -0.163. The van der Waals surface area contributed by atoms with Crippen LogP contribution < -0.4 is 10.4 Å². The second-order valence-electron chi connectivity index (χ2n) is 9.13. The van der Waals surface area contributed by atoms with Crippen LogP contribution in [-0.4, -0.2) is 21.2 Å². The van der Waals surface area contributed by atoms with E-state index in [2.05, 4.69) is 79.7 Å². The Balaban J connectivity index is 1.54. The van der Waals surface area contributed by atoms with Gasteiger partial charge in [0.15, 0.2) is 0 Å². The number of rotatable bonds is 5. The van der Waals surface area contributed by atoms with Gasteiger partial charge >= 0.3 is 0 Å². The average Bonchev–Trinajstić information content (AvgIpc) is 3.32. The largest absolute Gasteiger partial charge is 0.396 e. The van der Waals surface area contributed by atoms with Crippen molar-refractivity contribution in [3.05, 3.63) is 106 Å². The molecular weight excluding hydrogens is 475 g/mol. The number of aliphatic hydroxyl groups excluding tert-OH is 1. The van der Waals surface area contributed by atoms with Crippen molar-refractivity contribution in [1.29, 1.82) is 0 Å². The fourth-order valence-corrected chi connectivity index (χ4v) is 8.29. The van der Waals surface area contributed by atoms with E-state index in [-0.39, 0.29) is 17.4 Å². The second kappa shape index (κ2) is 8.69. The van der Waals surface area contributed by atoms with E-state index in [0.717, 1.165) is 12.8 Å². The van der Waals surface area contributed by atoms with Crippen molar-refractivity contribution >= 4 is 43.1 Å². The normalized spacial score (nSPS) is 17.3. The van der Waals surface area contributed by atoms with E-state index in [1.807, 2.05) is 0 Å². The first-order valence-electron chi connectivity index (χ1n) is 11.7. The van der Waals surface area contributed by atoms with Crippen molar-refractivity contribution in [3.8, 4) is 22.3 Å². The summed E-state index contributed by atoms with van der Waals surface area (Å²) in [6, 6.07) is 25.9. The monoisotopic (exact) mass is 498 g/mol. The lowest BCUT2D eigenvalue weighted by Crippen LogP contribution is -2.37. The van der Waals surface area contributed by atoms with Crippen molar-refractivity contribution in [2.24, 2.45) is 0 Å². The minimum Gasteiger partial charge on any atom is -0.396 e. The molecule has 2 atom stereocenters. The molecule has 0 heterocycles. The highest BCUT2D eigenvalue weighted by atomic mass is 35.5. The van der Waals surface area contributed by atoms with Crippen LogP contribution in [0.1, 0.15) is 50.6 Å². The summed E-state index contributed by atoms with van der Waals surface area (Å²) in [5, 5.41) is 11.9. The molecular formula is C30H24Cl2OSi. The molecule has 4 aromatic rings. The van der Waals surface area contributed by atoms with Crippen molar-refractivity contribution in [2.75, 3.05) is 6.61 Å². The van der Waals surface area contributed by atoms with Gasteiger partial charge in [0.1, 0.15) is 9.52 Å². The molecule has 0 amide bonds. The highest BCUT2D eigenvalue weighted by molar-refractivity contribution is 6.70. The number of aliphatic hydroxyl groups is 1. The average molecular weight is 500 g/mol. The molecule has 1 nitrogen and oxygen atoms in total. The third-order valence-corrected chi connectivity index (χ3v) is 9.86. The van der Waals surface area contributed by atoms with Gasteiger partial charge in [-0.25, -0.2) is 0 Å². The maximum absolute atomic E-state index is 9.56. The summed E-state index contributed by atoms with van der Waals surface area (Å²) in [6.45, 7) is 2.38. The molecule has 2 radical (unpaired) electrons. The maximum atomic E-state index is 9.56. The van der Waals surface area contributed by atoms with Crippen molar-refractivity contribution < 1.29 is 5.11 Å². The molecule has 34 heavy (non-hydrogen) atoms. The van der Waals surface area contributed by atoms with Crippen LogP contribution >= 0.6 is 23.2 Å². The van der Waals surface area contributed by atoms with Gasteiger partial charge in [0.05, 0.1) is 10.8 Å². The minimum absolute atomic E-state index is 0.143. The number of hydrogen-bond donors (Lipinski definition) is 1. The van der Waals surface area contributed by atoms with Gasteiger partial charge in [0.25, 0.3) is 0 Å². The van der Waals surface area contributed by atoms with Gasteiger partial charge in [0, 0.05) is 6.61 Å². The van der Waals surface area contributed by atoms with Crippen LogP contribution in [-0.2, 0) is 6.42 Å². The van der Waals surface area contributed by atoms with E-state index < -0.39 is 0 Å². The second-order valence-corrected chi connectivity index (χ2v) is 11.3. The zero-order chi connectivity index (χ0) is 23.4. The summed E-state index contributed by atoms with van der Waals surface area (Å²) in [7, 11) is 0.447.